The largest absolute Gasteiger partial charge is 0.478 e. The lowest BCUT2D eigenvalue weighted by molar-refractivity contribution is -0.137. The molecule has 8 heavy (non-hydrogen) atoms. The first-order chi connectivity index (χ1) is 3.72. The van der Waals surface area contributed by atoms with Crippen LogP contribution in [0.4, 0.5) is 0 Å². The number of rotatable bonds is 3. The van der Waals surface area contributed by atoms with E-state index in [-0.39, 0.29) is 0 Å². The zero-order valence-electron chi connectivity index (χ0n) is 4.00. The highest BCUT2D eigenvalue weighted by molar-refractivity contribution is 7.26. The van der Waals surface area contributed by atoms with Gasteiger partial charge in [0, 0.05) is 0 Å². The fourth-order valence-corrected chi connectivity index (χ4v) is 0.341. The Bertz CT molecular complexity index is 101. The van der Waals surface area contributed by atoms with Crippen molar-refractivity contribution < 1.29 is 19.6 Å². The smallest absolute Gasteiger partial charge is 0.358 e. The Balaban J connectivity index is 3.69. The summed E-state index contributed by atoms with van der Waals surface area (Å²) < 4.78 is 9.79. The first-order valence-corrected chi connectivity index (χ1v) is 2.92. The van der Waals surface area contributed by atoms with E-state index in [9.17, 15) is 9.36 Å². The maximum atomic E-state index is 9.81. The molecule has 0 aliphatic rings. The number of carbonyl (C=O) groups is 1. The molecule has 2 atom stereocenters. The van der Waals surface area contributed by atoms with Crippen molar-refractivity contribution in [1.82, 2.24) is 0 Å². The Morgan fingerprint density at radius 2 is 2.25 bits per heavy atom. The standard InChI is InChI=1S/C3H5O4P/c4-1-2(8-7)3(5)6/h2,4H,1H2,(H,5,6)/p+1. The third-order valence-electron chi connectivity index (χ3n) is 0.623. The van der Waals surface area contributed by atoms with Gasteiger partial charge in [-0.1, -0.05) is 4.57 Å². The highest BCUT2D eigenvalue weighted by Gasteiger charge is 2.23. The van der Waals surface area contributed by atoms with E-state index in [0.717, 1.165) is 0 Å². The second-order valence-corrected chi connectivity index (χ2v) is 2.12. The summed E-state index contributed by atoms with van der Waals surface area (Å²) in [6.07, 6.45) is 0. The molecule has 0 rings (SSSR count). The topological polar surface area (TPSA) is 74.6 Å². The quantitative estimate of drug-likeness (QED) is 0.512. The SMILES string of the molecule is O=[PH+]C(CO)C(=O)O. The summed E-state index contributed by atoms with van der Waals surface area (Å²) in [6.45, 7) is -0.558. The lowest BCUT2D eigenvalue weighted by Gasteiger charge is -1.86. The van der Waals surface area contributed by atoms with Gasteiger partial charge in [0.25, 0.3) is 5.66 Å². The molecule has 0 spiro atoms. The maximum absolute atomic E-state index is 9.81. The third-order valence-corrected chi connectivity index (χ3v) is 1.34. The molecule has 0 amide bonds. The van der Waals surface area contributed by atoms with E-state index in [1.54, 1.807) is 0 Å². The average Bonchev–Trinajstić information content (AvgIpc) is 1.69. The Morgan fingerprint density at radius 1 is 1.75 bits per heavy atom. The van der Waals surface area contributed by atoms with Gasteiger partial charge in [0.1, 0.15) is 6.61 Å². The maximum Gasteiger partial charge on any atom is 0.358 e. The van der Waals surface area contributed by atoms with Crippen molar-refractivity contribution >= 4 is 14.4 Å². The number of aliphatic carboxylic acids is 1. The molecule has 0 aliphatic carbocycles. The highest BCUT2D eigenvalue weighted by atomic mass is 31.1. The van der Waals surface area contributed by atoms with Gasteiger partial charge in [-0.3, -0.25) is 0 Å². The fourth-order valence-electron chi connectivity index (χ4n) is 0.166. The number of aliphatic hydroxyl groups excluding tert-OH is 1. The number of aliphatic hydroxyl groups is 1. The predicted octanol–water partition coefficient (Wildman–Crippen LogP) is -0.544. The molecule has 4 nitrogen and oxygen atoms in total. The van der Waals surface area contributed by atoms with Crippen molar-refractivity contribution in [2.75, 3.05) is 6.61 Å². The van der Waals surface area contributed by atoms with Gasteiger partial charge in [0.2, 0.25) is 0 Å². The van der Waals surface area contributed by atoms with Gasteiger partial charge in [0.05, 0.1) is 0 Å². The lowest BCUT2D eigenvalue weighted by Crippen LogP contribution is -2.17. The van der Waals surface area contributed by atoms with Crippen LogP contribution in [0.2, 0.25) is 0 Å². The Morgan fingerprint density at radius 3 is 2.25 bits per heavy atom. The monoisotopic (exact) mass is 137 g/mol. The molecule has 0 aromatic rings. The van der Waals surface area contributed by atoms with Gasteiger partial charge in [-0.25, -0.2) is 4.79 Å². The Hall–Kier alpha value is -0.470. The van der Waals surface area contributed by atoms with Crippen LogP contribution in [0, 0.1) is 0 Å². The number of hydrogen-bond acceptors (Lipinski definition) is 3. The van der Waals surface area contributed by atoms with Gasteiger partial charge < -0.3 is 10.2 Å². The minimum Gasteiger partial charge on any atom is -0.478 e. The molecule has 0 bridgehead atoms. The van der Waals surface area contributed by atoms with Crippen LogP contribution >= 0.6 is 8.46 Å². The van der Waals surface area contributed by atoms with Gasteiger partial charge >= 0.3 is 14.4 Å². The molecule has 5 heteroatoms. The summed E-state index contributed by atoms with van der Waals surface area (Å²) in [4.78, 5) is 9.81. The third kappa shape index (κ3) is 2.00. The summed E-state index contributed by atoms with van der Waals surface area (Å²) >= 11 is 0. The molecule has 0 aliphatic heterocycles. The molecule has 0 radical (unpaired) electrons. The van der Waals surface area contributed by atoms with Gasteiger partial charge in [-0.05, 0) is 0 Å². The summed E-state index contributed by atoms with van der Waals surface area (Å²) in [6, 6.07) is 0. The van der Waals surface area contributed by atoms with E-state index in [4.69, 9.17) is 10.2 Å². The van der Waals surface area contributed by atoms with Crippen molar-refractivity contribution in [3.8, 4) is 0 Å². The van der Waals surface area contributed by atoms with Crippen LogP contribution in [-0.2, 0) is 9.36 Å². The first kappa shape index (κ1) is 7.53. The molecule has 0 aromatic heterocycles. The molecular formula is C3H6O4P+. The molecule has 2 N–H and O–H groups in total. The minimum atomic E-state index is -1.22. The Kier molecular flexibility index (Phi) is 3.31. The van der Waals surface area contributed by atoms with E-state index >= 15 is 0 Å². The average molecular weight is 137 g/mol. The van der Waals surface area contributed by atoms with E-state index in [2.05, 4.69) is 0 Å². The van der Waals surface area contributed by atoms with Crippen LogP contribution in [0.5, 0.6) is 0 Å². The van der Waals surface area contributed by atoms with Crippen molar-refractivity contribution in [2.45, 2.75) is 5.66 Å². The van der Waals surface area contributed by atoms with Gasteiger partial charge in [0.15, 0.2) is 0 Å². The van der Waals surface area contributed by atoms with Gasteiger partial charge in [-0.15, -0.1) is 0 Å². The van der Waals surface area contributed by atoms with Crippen molar-refractivity contribution in [2.24, 2.45) is 0 Å². The normalized spacial score (nSPS) is 13.6. The second-order valence-electron chi connectivity index (χ2n) is 1.19. The molecule has 0 saturated heterocycles. The zero-order valence-corrected chi connectivity index (χ0v) is 5.00. The van der Waals surface area contributed by atoms with Crippen LogP contribution in [0.1, 0.15) is 0 Å². The molecule has 2 unspecified atom stereocenters. The van der Waals surface area contributed by atoms with E-state index in [1.165, 1.54) is 0 Å². The van der Waals surface area contributed by atoms with Crippen LogP contribution in [0.15, 0.2) is 0 Å². The number of hydrogen-bond donors (Lipinski definition) is 2. The molecular weight excluding hydrogens is 131 g/mol. The first-order valence-electron chi connectivity index (χ1n) is 1.93. The van der Waals surface area contributed by atoms with Gasteiger partial charge in [-0.2, -0.15) is 0 Å². The highest BCUT2D eigenvalue weighted by Crippen LogP contribution is 2.03. The van der Waals surface area contributed by atoms with Crippen LogP contribution in [0.3, 0.4) is 0 Å². The second kappa shape index (κ2) is 3.52. The number of carboxylic acid groups (broad SMARTS) is 1. The van der Waals surface area contributed by atoms with E-state index in [1.807, 2.05) is 0 Å². The fraction of sp³-hybridized carbons (Fsp3) is 0.667. The molecule has 0 aromatic carbocycles. The lowest BCUT2D eigenvalue weighted by atomic mass is 10.5. The zero-order chi connectivity index (χ0) is 6.57. The molecule has 0 saturated carbocycles. The van der Waals surface area contributed by atoms with Crippen molar-refractivity contribution in [3.05, 3.63) is 0 Å². The summed E-state index contributed by atoms with van der Waals surface area (Å²) in [5.41, 5.74) is -1.10. The number of carboxylic acids is 1. The molecule has 46 valence electrons. The minimum absolute atomic E-state index is 0.558. The molecule has 0 heterocycles. The van der Waals surface area contributed by atoms with Crippen LogP contribution in [-0.4, -0.2) is 28.4 Å². The van der Waals surface area contributed by atoms with Crippen molar-refractivity contribution in [1.29, 1.82) is 0 Å². The van der Waals surface area contributed by atoms with Crippen molar-refractivity contribution in [3.63, 3.8) is 0 Å². The van der Waals surface area contributed by atoms with E-state index in [0.29, 0.717) is 0 Å². The summed E-state index contributed by atoms with van der Waals surface area (Å²) in [7, 11) is -0.970. The van der Waals surface area contributed by atoms with Crippen LogP contribution < -0.4 is 0 Å². The van der Waals surface area contributed by atoms with Crippen LogP contribution in [0.25, 0.3) is 0 Å². The summed E-state index contributed by atoms with van der Waals surface area (Å²) in [5.74, 6) is -1.22. The predicted molar refractivity (Wildman–Crippen MR) is 27.5 cm³/mol. The molecule has 0 fully saturated rings. The van der Waals surface area contributed by atoms with E-state index < -0.39 is 26.7 Å². The Labute approximate surface area is 47.3 Å². The summed E-state index contributed by atoms with van der Waals surface area (Å²) in [5, 5.41) is 16.1.